The minimum atomic E-state index is -0.783. The molecule has 0 saturated heterocycles. The van der Waals surface area contributed by atoms with E-state index in [9.17, 15) is 5.11 Å². The number of aromatic nitrogens is 3. The molecule has 1 N–H and O–H groups in total. The van der Waals surface area contributed by atoms with Gasteiger partial charge < -0.3 is 5.11 Å². The highest BCUT2D eigenvalue weighted by Crippen LogP contribution is 2.27. The first kappa shape index (κ1) is 12.2. The molecule has 0 bridgehead atoms. The molecule has 0 aliphatic heterocycles. The van der Waals surface area contributed by atoms with Crippen molar-refractivity contribution in [3.05, 3.63) is 24.3 Å². The minimum absolute atomic E-state index is 0.475. The summed E-state index contributed by atoms with van der Waals surface area (Å²) in [5, 5.41) is 18.5. The Bertz CT molecular complexity index is 629. The van der Waals surface area contributed by atoms with Crippen LogP contribution in [-0.2, 0) is 6.54 Å². The maximum Gasteiger partial charge on any atom is 0.125 e. The molecule has 1 aliphatic carbocycles. The average molecular weight is 255 g/mol. The van der Waals surface area contributed by atoms with Gasteiger partial charge in [-0.3, -0.25) is 0 Å². The van der Waals surface area contributed by atoms with Gasteiger partial charge >= 0.3 is 0 Å². The first-order chi connectivity index (χ1) is 9.27. The van der Waals surface area contributed by atoms with Crippen molar-refractivity contribution >= 4 is 11.0 Å². The molecule has 19 heavy (non-hydrogen) atoms. The number of hydrogen-bond donors (Lipinski definition) is 1. The lowest BCUT2D eigenvalue weighted by atomic mass is 9.85. The van der Waals surface area contributed by atoms with Gasteiger partial charge in [-0.15, -0.1) is 5.10 Å². The molecule has 3 rings (SSSR count). The molecule has 0 spiro atoms. The van der Waals surface area contributed by atoms with Crippen LogP contribution in [0.25, 0.3) is 11.0 Å². The Morgan fingerprint density at radius 1 is 1.21 bits per heavy atom. The first-order valence-corrected chi connectivity index (χ1v) is 6.78. The zero-order chi connectivity index (χ0) is 13.1. The quantitative estimate of drug-likeness (QED) is 0.794. The van der Waals surface area contributed by atoms with Crippen LogP contribution in [0.4, 0.5) is 0 Å². The maximum atomic E-state index is 10.3. The SMILES string of the molecule is OC1(C#CCn2nnc3ccccc32)CCCCC1. The summed E-state index contributed by atoms with van der Waals surface area (Å²) in [5.74, 6) is 6.07. The predicted octanol–water partition coefficient (Wildman–Crippen LogP) is 2.13. The Hall–Kier alpha value is -1.86. The summed E-state index contributed by atoms with van der Waals surface area (Å²) in [6.07, 6.45) is 4.92. The summed E-state index contributed by atoms with van der Waals surface area (Å²) >= 11 is 0. The van der Waals surface area contributed by atoms with Crippen LogP contribution in [0.5, 0.6) is 0 Å². The molecule has 0 amide bonds. The zero-order valence-electron chi connectivity index (χ0n) is 10.8. The second-order valence-corrected chi connectivity index (χ2v) is 5.13. The van der Waals surface area contributed by atoms with E-state index in [-0.39, 0.29) is 0 Å². The van der Waals surface area contributed by atoms with E-state index in [1.54, 1.807) is 4.68 Å². The summed E-state index contributed by atoms with van der Waals surface area (Å²) < 4.78 is 1.77. The highest BCUT2D eigenvalue weighted by atomic mass is 16.3. The van der Waals surface area contributed by atoms with Gasteiger partial charge in [0.25, 0.3) is 0 Å². The molecule has 98 valence electrons. The van der Waals surface area contributed by atoms with Crippen LogP contribution in [0.3, 0.4) is 0 Å². The van der Waals surface area contributed by atoms with Crippen LogP contribution in [0.2, 0.25) is 0 Å². The van der Waals surface area contributed by atoms with Gasteiger partial charge in [-0.25, -0.2) is 4.68 Å². The van der Waals surface area contributed by atoms with Crippen molar-refractivity contribution in [3.8, 4) is 11.8 Å². The van der Waals surface area contributed by atoms with Crippen LogP contribution in [0.1, 0.15) is 32.1 Å². The van der Waals surface area contributed by atoms with Crippen LogP contribution in [0.15, 0.2) is 24.3 Å². The van der Waals surface area contributed by atoms with Gasteiger partial charge in [0.2, 0.25) is 0 Å². The molecule has 4 nitrogen and oxygen atoms in total. The molecule has 1 fully saturated rings. The molecule has 1 aromatic carbocycles. The highest BCUT2D eigenvalue weighted by molar-refractivity contribution is 5.73. The second-order valence-electron chi connectivity index (χ2n) is 5.13. The fraction of sp³-hybridized carbons (Fsp3) is 0.467. The number of fused-ring (bicyclic) bond motifs is 1. The van der Waals surface area contributed by atoms with E-state index < -0.39 is 5.60 Å². The summed E-state index contributed by atoms with van der Waals surface area (Å²) in [6.45, 7) is 0.475. The van der Waals surface area contributed by atoms with Crippen molar-refractivity contribution in [1.29, 1.82) is 0 Å². The standard InChI is InChI=1S/C15H17N3O/c19-15(9-4-1-5-10-15)11-6-12-18-14-8-3-2-7-13(14)16-17-18/h2-3,7-8,19H,1,4-5,9-10,12H2. The summed E-state index contributed by atoms with van der Waals surface area (Å²) in [5.41, 5.74) is 1.07. The number of hydrogen-bond acceptors (Lipinski definition) is 3. The van der Waals surface area contributed by atoms with Crippen LogP contribution in [0, 0.1) is 11.8 Å². The third-order valence-electron chi connectivity index (χ3n) is 3.65. The van der Waals surface area contributed by atoms with Gasteiger partial charge in [0, 0.05) is 0 Å². The number of para-hydroxylation sites is 1. The Labute approximate surface area is 112 Å². The topological polar surface area (TPSA) is 50.9 Å². The van der Waals surface area contributed by atoms with Crippen molar-refractivity contribution in [3.63, 3.8) is 0 Å². The van der Waals surface area contributed by atoms with E-state index in [0.717, 1.165) is 36.7 Å². The fourth-order valence-corrected chi connectivity index (χ4v) is 2.57. The van der Waals surface area contributed by atoms with Crippen molar-refractivity contribution in [1.82, 2.24) is 15.0 Å². The predicted molar refractivity (Wildman–Crippen MR) is 73.3 cm³/mol. The first-order valence-electron chi connectivity index (χ1n) is 6.78. The van der Waals surface area contributed by atoms with Gasteiger partial charge in [0.05, 0.1) is 5.52 Å². The van der Waals surface area contributed by atoms with E-state index in [2.05, 4.69) is 22.2 Å². The van der Waals surface area contributed by atoms with E-state index in [1.807, 2.05) is 24.3 Å². The Morgan fingerprint density at radius 2 is 2.00 bits per heavy atom. The van der Waals surface area contributed by atoms with E-state index in [4.69, 9.17) is 0 Å². The Balaban J connectivity index is 1.76. The normalized spacial score (nSPS) is 17.9. The lowest BCUT2D eigenvalue weighted by Crippen LogP contribution is -2.29. The maximum absolute atomic E-state index is 10.3. The second kappa shape index (κ2) is 5.02. The van der Waals surface area contributed by atoms with Gasteiger partial charge in [0.15, 0.2) is 0 Å². The smallest absolute Gasteiger partial charge is 0.125 e. The van der Waals surface area contributed by atoms with Gasteiger partial charge in [-0.1, -0.05) is 35.6 Å². The summed E-state index contributed by atoms with van der Waals surface area (Å²) in [6, 6.07) is 7.81. The Kier molecular flexibility index (Phi) is 3.22. The Morgan fingerprint density at radius 3 is 2.84 bits per heavy atom. The van der Waals surface area contributed by atoms with Crippen molar-refractivity contribution in [2.75, 3.05) is 0 Å². The summed E-state index contributed by atoms with van der Waals surface area (Å²) in [4.78, 5) is 0. The molecule has 1 aromatic heterocycles. The summed E-state index contributed by atoms with van der Waals surface area (Å²) in [7, 11) is 0. The van der Waals surface area contributed by atoms with Gasteiger partial charge in [-0.05, 0) is 37.8 Å². The lowest BCUT2D eigenvalue weighted by molar-refractivity contribution is 0.0609. The lowest BCUT2D eigenvalue weighted by Gasteiger charge is -2.26. The monoisotopic (exact) mass is 255 g/mol. The number of rotatable bonds is 1. The third-order valence-corrected chi connectivity index (χ3v) is 3.65. The minimum Gasteiger partial charge on any atom is -0.378 e. The average Bonchev–Trinajstić information content (AvgIpc) is 2.83. The van der Waals surface area contributed by atoms with Crippen LogP contribution in [-0.4, -0.2) is 25.7 Å². The molecule has 1 aliphatic rings. The number of nitrogens with zero attached hydrogens (tertiary/aromatic N) is 3. The molecule has 0 atom stereocenters. The zero-order valence-corrected chi connectivity index (χ0v) is 10.8. The molecule has 4 heteroatoms. The highest BCUT2D eigenvalue weighted by Gasteiger charge is 2.26. The number of benzene rings is 1. The van der Waals surface area contributed by atoms with Crippen LogP contribution < -0.4 is 0 Å². The van der Waals surface area contributed by atoms with Gasteiger partial charge in [0.1, 0.15) is 17.7 Å². The molecule has 1 heterocycles. The fourth-order valence-electron chi connectivity index (χ4n) is 2.57. The molecular weight excluding hydrogens is 238 g/mol. The molecule has 0 radical (unpaired) electrons. The van der Waals surface area contributed by atoms with E-state index in [1.165, 1.54) is 6.42 Å². The van der Waals surface area contributed by atoms with Crippen molar-refractivity contribution < 1.29 is 5.11 Å². The van der Waals surface area contributed by atoms with E-state index in [0.29, 0.717) is 6.54 Å². The largest absolute Gasteiger partial charge is 0.378 e. The van der Waals surface area contributed by atoms with Gasteiger partial charge in [-0.2, -0.15) is 0 Å². The van der Waals surface area contributed by atoms with Crippen LogP contribution >= 0.6 is 0 Å². The molecule has 1 saturated carbocycles. The van der Waals surface area contributed by atoms with Crippen molar-refractivity contribution in [2.45, 2.75) is 44.2 Å². The molecule has 0 unspecified atom stereocenters. The molecule has 2 aromatic rings. The molecular formula is C15H17N3O. The third kappa shape index (κ3) is 2.61. The number of aliphatic hydroxyl groups is 1. The van der Waals surface area contributed by atoms with Crippen molar-refractivity contribution in [2.24, 2.45) is 0 Å². The van der Waals surface area contributed by atoms with E-state index >= 15 is 0 Å².